The summed E-state index contributed by atoms with van der Waals surface area (Å²) in [4.78, 5) is 24.1. The van der Waals surface area contributed by atoms with E-state index in [-0.39, 0.29) is 16.4 Å². The first-order chi connectivity index (χ1) is 10.4. The van der Waals surface area contributed by atoms with Crippen LogP contribution < -0.4 is 0 Å². The Labute approximate surface area is 140 Å². The number of halogens is 3. The molecule has 0 saturated heterocycles. The third-order valence-electron chi connectivity index (χ3n) is 2.93. The molecule has 0 spiro atoms. The van der Waals surface area contributed by atoms with Crippen LogP contribution in [0, 0.1) is 5.82 Å². The maximum absolute atomic E-state index is 13.6. The molecular formula is C16H11BrClFO3. The lowest BCUT2D eigenvalue weighted by Gasteiger charge is -2.13. The molecule has 1 atom stereocenters. The summed E-state index contributed by atoms with van der Waals surface area (Å²) in [7, 11) is 0. The summed E-state index contributed by atoms with van der Waals surface area (Å²) < 4.78 is 19.4. The van der Waals surface area contributed by atoms with Crippen LogP contribution in [0.25, 0.3) is 0 Å². The summed E-state index contributed by atoms with van der Waals surface area (Å²) >= 11 is 8.99. The van der Waals surface area contributed by atoms with Gasteiger partial charge >= 0.3 is 5.97 Å². The minimum atomic E-state index is -1.04. The molecule has 6 heteroatoms. The molecule has 0 saturated carbocycles. The molecule has 0 amide bonds. The van der Waals surface area contributed by atoms with E-state index in [1.807, 2.05) is 0 Å². The molecule has 0 aliphatic rings. The van der Waals surface area contributed by atoms with Crippen molar-refractivity contribution in [2.45, 2.75) is 13.0 Å². The molecular weight excluding hydrogens is 375 g/mol. The third kappa shape index (κ3) is 3.93. The van der Waals surface area contributed by atoms with Crippen molar-refractivity contribution < 1.29 is 18.7 Å². The van der Waals surface area contributed by atoms with Crippen LogP contribution in [-0.4, -0.2) is 17.9 Å². The van der Waals surface area contributed by atoms with E-state index < -0.39 is 17.9 Å². The van der Waals surface area contributed by atoms with Crippen molar-refractivity contribution >= 4 is 39.3 Å². The molecule has 0 aliphatic heterocycles. The molecule has 0 fully saturated rings. The molecule has 2 rings (SSSR count). The molecule has 0 aromatic heterocycles. The highest BCUT2D eigenvalue weighted by molar-refractivity contribution is 9.10. The van der Waals surface area contributed by atoms with E-state index in [1.54, 1.807) is 24.3 Å². The molecule has 2 aromatic carbocycles. The van der Waals surface area contributed by atoms with Gasteiger partial charge in [-0.05, 0) is 37.3 Å². The summed E-state index contributed by atoms with van der Waals surface area (Å²) in [5.41, 5.74) is 0.0954. The molecule has 0 aliphatic carbocycles. The van der Waals surface area contributed by atoms with Gasteiger partial charge in [0.25, 0.3) is 0 Å². The molecule has 0 unspecified atom stereocenters. The van der Waals surface area contributed by atoms with Crippen molar-refractivity contribution in [3.8, 4) is 0 Å². The fourth-order valence-electron chi connectivity index (χ4n) is 1.78. The lowest BCUT2D eigenvalue weighted by Crippen LogP contribution is -2.24. The summed E-state index contributed by atoms with van der Waals surface area (Å²) in [6.07, 6.45) is -1.04. The summed E-state index contributed by atoms with van der Waals surface area (Å²) in [5.74, 6) is -2.06. The van der Waals surface area contributed by atoms with E-state index in [0.717, 1.165) is 16.6 Å². The summed E-state index contributed by atoms with van der Waals surface area (Å²) in [6, 6.07) is 10.2. The van der Waals surface area contributed by atoms with E-state index in [1.165, 1.54) is 13.0 Å². The zero-order valence-electron chi connectivity index (χ0n) is 11.5. The molecule has 2 aromatic rings. The standard InChI is InChI=1S/C16H11BrClFO3/c1-9(15(20)10-2-4-11(17)5-3-10)22-16(21)13-8-12(18)6-7-14(13)19/h2-9H,1H3/t9-/m0/s1. The van der Waals surface area contributed by atoms with E-state index in [2.05, 4.69) is 15.9 Å². The highest BCUT2D eigenvalue weighted by Gasteiger charge is 2.22. The number of carbonyl (C=O) groups excluding carboxylic acids is 2. The Hall–Kier alpha value is -1.72. The zero-order valence-corrected chi connectivity index (χ0v) is 13.8. The normalized spacial score (nSPS) is 11.8. The first-order valence-electron chi connectivity index (χ1n) is 6.34. The first-order valence-corrected chi connectivity index (χ1v) is 7.51. The summed E-state index contributed by atoms with van der Waals surface area (Å²) in [6.45, 7) is 1.44. The molecule has 0 bridgehead atoms. The Morgan fingerprint density at radius 1 is 1.18 bits per heavy atom. The maximum atomic E-state index is 13.6. The van der Waals surface area contributed by atoms with Crippen LogP contribution in [0.1, 0.15) is 27.6 Å². The van der Waals surface area contributed by atoms with Crippen molar-refractivity contribution in [3.63, 3.8) is 0 Å². The Balaban J connectivity index is 2.12. The van der Waals surface area contributed by atoms with Crippen LogP contribution in [0.5, 0.6) is 0 Å². The van der Waals surface area contributed by atoms with Crippen LogP contribution in [0.3, 0.4) is 0 Å². The van der Waals surface area contributed by atoms with Gasteiger partial charge in [0.2, 0.25) is 5.78 Å². The largest absolute Gasteiger partial charge is 0.451 e. The second-order valence-electron chi connectivity index (χ2n) is 4.54. The minimum Gasteiger partial charge on any atom is -0.451 e. The average Bonchev–Trinajstić information content (AvgIpc) is 2.49. The summed E-state index contributed by atoms with van der Waals surface area (Å²) in [5, 5.41) is 0.209. The number of benzene rings is 2. The van der Waals surface area contributed by atoms with Gasteiger partial charge < -0.3 is 4.74 Å². The fourth-order valence-corrected chi connectivity index (χ4v) is 2.22. The van der Waals surface area contributed by atoms with Gasteiger partial charge in [-0.25, -0.2) is 9.18 Å². The fraction of sp³-hybridized carbons (Fsp3) is 0.125. The highest BCUT2D eigenvalue weighted by atomic mass is 79.9. The van der Waals surface area contributed by atoms with Gasteiger partial charge in [-0.3, -0.25) is 4.79 Å². The van der Waals surface area contributed by atoms with Gasteiger partial charge in [0.15, 0.2) is 6.10 Å². The van der Waals surface area contributed by atoms with Gasteiger partial charge in [0, 0.05) is 15.1 Å². The predicted octanol–water partition coefficient (Wildman–Crippen LogP) is 4.67. The van der Waals surface area contributed by atoms with Crippen molar-refractivity contribution in [1.29, 1.82) is 0 Å². The van der Waals surface area contributed by atoms with Crippen LogP contribution in [0.4, 0.5) is 4.39 Å². The van der Waals surface area contributed by atoms with Crippen molar-refractivity contribution in [2.75, 3.05) is 0 Å². The number of carbonyl (C=O) groups is 2. The van der Waals surface area contributed by atoms with Gasteiger partial charge in [-0.1, -0.05) is 39.7 Å². The highest BCUT2D eigenvalue weighted by Crippen LogP contribution is 2.18. The Morgan fingerprint density at radius 3 is 2.45 bits per heavy atom. The van der Waals surface area contributed by atoms with Crippen molar-refractivity contribution in [1.82, 2.24) is 0 Å². The Kier molecular flexibility index (Phi) is 5.32. The lowest BCUT2D eigenvalue weighted by molar-refractivity contribution is 0.0314. The zero-order chi connectivity index (χ0) is 16.3. The molecule has 3 nitrogen and oxygen atoms in total. The van der Waals surface area contributed by atoms with Crippen LogP contribution in [0.2, 0.25) is 5.02 Å². The predicted molar refractivity (Wildman–Crippen MR) is 84.8 cm³/mol. The van der Waals surface area contributed by atoms with Gasteiger partial charge in [-0.15, -0.1) is 0 Å². The van der Waals surface area contributed by atoms with Gasteiger partial charge in [-0.2, -0.15) is 0 Å². The number of rotatable bonds is 4. The molecule has 0 radical (unpaired) electrons. The van der Waals surface area contributed by atoms with Crippen molar-refractivity contribution in [3.05, 3.63) is 68.9 Å². The maximum Gasteiger partial charge on any atom is 0.341 e. The third-order valence-corrected chi connectivity index (χ3v) is 3.69. The van der Waals surface area contributed by atoms with Crippen molar-refractivity contribution in [2.24, 2.45) is 0 Å². The number of ketones is 1. The first kappa shape index (κ1) is 16.6. The number of hydrogen-bond acceptors (Lipinski definition) is 3. The SMILES string of the molecule is C[C@H](OC(=O)c1cc(Cl)ccc1F)C(=O)c1ccc(Br)cc1. The van der Waals surface area contributed by atoms with E-state index in [0.29, 0.717) is 5.56 Å². The molecule has 0 heterocycles. The van der Waals surface area contributed by atoms with Crippen LogP contribution in [-0.2, 0) is 4.74 Å². The number of hydrogen-bond donors (Lipinski definition) is 0. The second-order valence-corrected chi connectivity index (χ2v) is 5.89. The topological polar surface area (TPSA) is 43.4 Å². The number of Topliss-reactive ketones (excluding diaryl/α,β-unsaturated/α-hetero) is 1. The Bertz CT molecular complexity index is 716. The molecule has 0 N–H and O–H groups in total. The van der Waals surface area contributed by atoms with E-state index in [4.69, 9.17) is 16.3 Å². The average molecular weight is 386 g/mol. The molecule has 22 heavy (non-hydrogen) atoms. The number of ether oxygens (including phenoxy) is 1. The van der Waals surface area contributed by atoms with Crippen LogP contribution >= 0.6 is 27.5 Å². The number of esters is 1. The van der Waals surface area contributed by atoms with Gasteiger partial charge in [0.1, 0.15) is 5.82 Å². The Morgan fingerprint density at radius 2 is 1.82 bits per heavy atom. The van der Waals surface area contributed by atoms with E-state index >= 15 is 0 Å². The smallest absolute Gasteiger partial charge is 0.341 e. The monoisotopic (exact) mass is 384 g/mol. The lowest BCUT2D eigenvalue weighted by atomic mass is 10.1. The quantitative estimate of drug-likeness (QED) is 0.567. The minimum absolute atomic E-state index is 0.209. The molecule has 114 valence electrons. The second kappa shape index (κ2) is 7.03. The van der Waals surface area contributed by atoms with E-state index in [9.17, 15) is 14.0 Å². The van der Waals surface area contributed by atoms with Crippen LogP contribution in [0.15, 0.2) is 46.9 Å². The van der Waals surface area contributed by atoms with Gasteiger partial charge in [0.05, 0.1) is 5.56 Å².